The molecule has 1 aliphatic rings. The summed E-state index contributed by atoms with van der Waals surface area (Å²) in [6, 6.07) is 0. The molecule has 1 heteroatoms. The Hall–Kier alpha value is 0.300. The van der Waals surface area contributed by atoms with Crippen LogP contribution in [0.25, 0.3) is 0 Å². The van der Waals surface area contributed by atoms with Gasteiger partial charge in [0.1, 0.15) is 0 Å². The van der Waals surface area contributed by atoms with E-state index < -0.39 is 6.89 Å². The molecule has 0 spiro atoms. The molecule has 0 bridgehead atoms. The molecule has 0 atom stereocenters. The minimum absolute atomic E-state index is 0.756. The molecule has 1 fully saturated rings. The Morgan fingerprint density at radius 1 is 0.769 bits per heavy atom. The lowest BCUT2D eigenvalue weighted by atomic mass is 10.5. The Kier molecular flexibility index (Phi) is 3.33. The van der Waals surface area contributed by atoms with E-state index in [2.05, 4.69) is 41.5 Å². The molecule has 0 amide bonds. The maximum atomic E-state index is 2.44. The van der Waals surface area contributed by atoms with Gasteiger partial charge in [0.25, 0.3) is 0 Å². The van der Waals surface area contributed by atoms with E-state index in [4.69, 9.17) is 0 Å². The summed E-state index contributed by atoms with van der Waals surface area (Å²) in [5, 5.41) is 1.95. The van der Waals surface area contributed by atoms with Crippen LogP contribution in [-0.4, -0.2) is 22.3 Å². The molecule has 0 radical (unpaired) electrons. The molecule has 0 aromatic rings. The van der Waals surface area contributed by atoms with Gasteiger partial charge >= 0.3 is 0 Å². The molecule has 0 saturated heterocycles. The summed E-state index contributed by atoms with van der Waals surface area (Å²) >= 11 is 0. The molecule has 0 aromatic heterocycles. The Labute approximate surface area is 84.1 Å². The molecule has 1 aliphatic carbocycles. The van der Waals surface area contributed by atoms with Crippen LogP contribution in [0.15, 0.2) is 0 Å². The van der Waals surface area contributed by atoms with E-state index in [-0.39, 0.29) is 0 Å². The average Bonchev–Trinajstić information content (AvgIpc) is 2.69. The normalized spacial score (nSPS) is 17.8. The second-order valence-electron chi connectivity index (χ2n) is 5.18. The Bertz CT molecular complexity index is 199. The highest BCUT2D eigenvalue weighted by Gasteiger charge is 2.36. The van der Waals surface area contributed by atoms with Crippen LogP contribution < -0.4 is 0 Å². The third-order valence-electron chi connectivity index (χ3n) is 3.58. The molecule has 0 aromatic carbocycles. The number of hydrogen-bond acceptors (Lipinski definition) is 0. The van der Waals surface area contributed by atoms with Crippen molar-refractivity contribution in [3.05, 3.63) is 0 Å². The summed E-state index contributed by atoms with van der Waals surface area (Å²) in [7, 11) is 0. The molecule has 0 N–H and O–H groups in total. The van der Waals surface area contributed by atoms with E-state index in [9.17, 15) is 0 Å². The molecule has 1 rings (SSSR count). The second kappa shape index (κ2) is 3.81. The SMILES string of the molecule is CC(C)P(=C1CC1)(C(C)C)C(C)C. The Morgan fingerprint density at radius 3 is 1.15 bits per heavy atom. The van der Waals surface area contributed by atoms with Gasteiger partial charge in [0.15, 0.2) is 0 Å². The standard InChI is InChI=1S/C12H25P/c1-9(2)13(10(3)4,11(5)6)12-7-8-12/h9-11H,7-8H2,1-6H3. The van der Waals surface area contributed by atoms with Gasteiger partial charge in [-0.3, -0.25) is 0 Å². The van der Waals surface area contributed by atoms with Crippen LogP contribution in [0.1, 0.15) is 54.4 Å². The van der Waals surface area contributed by atoms with E-state index in [0.29, 0.717) is 0 Å². The van der Waals surface area contributed by atoms with E-state index in [1.807, 2.05) is 5.29 Å². The highest BCUT2D eigenvalue weighted by molar-refractivity contribution is 7.78. The maximum absolute atomic E-state index is 2.44. The first kappa shape index (κ1) is 11.4. The fourth-order valence-corrected chi connectivity index (χ4v) is 9.98. The van der Waals surface area contributed by atoms with Gasteiger partial charge in [-0.15, -0.1) is 0 Å². The lowest BCUT2D eigenvalue weighted by Gasteiger charge is -2.39. The van der Waals surface area contributed by atoms with Crippen LogP contribution in [0.4, 0.5) is 0 Å². The van der Waals surface area contributed by atoms with Gasteiger partial charge in [0, 0.05) is 0 Å². The fourth-order valence-electron chi connectivity index (χ4n) is 3.33. The van der Waals surface area contributed by atoms with Crippen molar-refractivity contribution >= 4 is 12.2 Å². The van der Waals surface area contributed by atoms with E-state index in [1.54, 1.807) is 0 Å². The Balaban J connectivity index is 3.19. The van der Waals surface area contributed by atoms with Crippen LogP contribution in [0.5, 0.6) is 0 Å². The summed E-state index contributed by atoms with van der Waals surface area (Å²) in [6.07, 6.45) is 2.89. The van der Waals surface area contributed by atoms with Crippen molar-refractivity contribution < 1.29 is 0 Å². The highest BCUT2D eigenvalue weighted by Crippen LogP contribution is 2.65. The van der Waals surface area contributed by atoms with Crippen LogP contribution in [0, 0.1) is 0 Å². The van der Waals surface area contributed by atoms with Crippen molar-refractivity contribution in [2.45, 2.75) is 71.4 Å². The van der Waals surface area contributed by atoms with Crippen molar-refractivity contribution in [2.75, 3.05) is 0 Å². The first-order valence-corrected chi connectivity index (χ1v) is 7.67. The van der Waals surface area contributed by atoms with Crippen molar-refractivity contribution in [3.8, 4) is 0 Å². The summed E-state index contributed by atoms with van der Waals surface area (Å²) in [5.74, 6) is 0. The van der Waals surface area contributed by atoms with Crippen LogP contribution in [0.2, 0.25) is 0 Å². The zero-order chi connectivity index (χ0) is 10.2. The molecule has 13 heavy (non-hydrogen) atoms. The molecule has 0 aliphatic heterocycles. The minimum atomic E-state index is -0.756. The number of hydrogen-bond donors (Lipinski definition) is 0. The third-order valence-corrected chi connectivity index (χ3v) is 10.3. The van der Waals surface area contributed by atoms with Crippen molar-refractivity contribution in [2.24, 2.45) is 0 Å². The lowest BCUT2D eigenvalue weighted by Crippen LogP contribution is -2.19. The van der Waals surface area contributed by atoms with Crippen molar-refractivity contribution in [3.63, 3.8) is 0 Å². The first-order chi connectivity index (χ1) is 5.94. The molecule has 0 unspecified atom stereocenters. The van der Waals surface area contributed by atoms with Gasteiger partial charge in [0.2, 0.25) is 0 Å². The highest BCUT2D eigenvalue weighted by atomic mass is 31.2. The first-order valence-electron chi connectivity index (χ1n) is 5.67. The predicted octanol–water partition coefficient (Wildman–Crippen LogP) is 4.20. The van der Waals surface area contributed by atoms with Crippen LogP contribution in [0.3, 0.4) is 0 Å². The van der Waals surface area contributed by atoms with Gasteiger partial charge < -0.3 is 0 Å². The van der Waals surface area contributed by atoms with E-state index >= 15 is 0 Å². The van der Waals surface area contributed by atoms with Gasteiger partial charge in [-0.2, -0.15) is 0 Å². The van der Waals surface area contributed by atoms with Crippen LogP contribution in [-0.2, 0) is 0 Å². The smallest absolute Gasteiger partial charge is 0.0263 e. The summed E-state index contributed by atoms with van der Waals surface area (Å²) in [4.78, 5) is 0. The Morgan fingerprint density at radius 2 is 1.08 bits per heavy atom. The summed E-state index contributed by atoms with van der Waals surface area (Å²) in [6.45, 7) is 13.9. The molecule has 78 valence electrons. The lowest BCUT2D eigenvalue weighted by molar-refractivity contribution is 0.939. The van der Waals surface area contributed by atoms with Crippen molar-refractivity contribution in [1.29, 1.82) is 0 Å². The van der Waals surface area contributed by atoms with Crippen molar-refractivity contribution in [1.82, 2.24) is 0 Å². The van der Waals surface area contributed by atoms with E-state index in [0.717, 1.165) is 17.0 Å². The zero-order valence-corrected chi connectivity index (χ0v) is 11.0. The van der Waals surface area contributed by atoms with Gasteiger partial charge in [-0.1, -0.05) is 53.7 Å². The molecule has 0 nitrogen and oxygen atoms in total. The summed E-state index contributed by atoms with van der Waals surface area (Å²) in [5.41, 5.74) is 2.72. The van der Waals surface area contributed by atoms with Gasteiger partial charge in [0.05, 0.1) is 0 Å². The predicted molar refractivity (Wildman–Crippen MR) is 66.6 cm³/mol. The maximum Gasteiger partial charge on any atom is -0.0263 e. The monoisotopic (exact) mass is 200 g/mol. The molecule has 0 heterocycles. The molecular formula is C12H25P. The molecule has 1 saturated carbocycles. The third kappa shape index (κ3) is 1.75. The van der Waals surface area contributed by atoms with Gasteiger partial charge in [-0.05, 0) is 29.8 Å². The van der Waals surface area contributed by atoms with E-state index in [1.165, 1.54) is 12.8 Å². The zero-order valence-electron chi connectivity index (χ0n) is 10.1. The second-order valence-corrected chi connectivity index (χ2v) is 10.6. The van der Waals surface area contributed by atoms with Crippen LogP contribution >= 0.6 is 6.89 Å². The fraction of sp³-hybridized carbons (Fsp3) is 0.917. The van der Waals surface area contributed by atoms with Gasteiger partial charge in [-0.25, -0.2) is 0 Å². The molecular weight excluding hydrogens is 175 g/mol. The topological polar surface area (TPSA) is 0 Å². The quantitative estimate of drug-likeness (QED) is 0.599. The minimum Gasteiger partial charge on any atom is -0.0984 e. The average molecular weight is 200 g/mol. The summed E-state index contributed by atoms with van der Waals surface area (Å²) < 4.78 is 0. The number of rotatable bonds is 3. The largest absolute Gasteiger partial charge is 0.0984 e.